The Morgan fingerprint density at radius 3 is 1.66 bits per heavy atom. The normalized spacial score (nSPS) is 11.7. The van der Waals surface area contributed by atoms with Crippen LogP contribution in [0.4, 0.5) is 17.1 Å². The molecule has 0 radical (unpaired) electrons. The quantitative estimate of drug-likeness (QED) is 0.158. The molecule has 0 unspecified atom stereocenters. The fourth-order valence-electron chi connectivity index (χ4n) is 9.15. The minimum atomic E-state index is 0.857. The van der Waals surface area contributed by atoms with Gasteiger partial charge in [0.05, 0.1) is 11.1 Å². The zero-order valence-corrected chi connectivity index (χ0v) is 32.0. The van der Waals surface area contributed by atoms with Crippen molar-refractivity contribution in [3.63, 3.8) is 0 Å². The van der Waals surface area contributed by atoms with E-state index in [9.17, 15) is 0 Å². The Balaban J connectivity index is 1.06. The summed E-state index contributed by atoms with van der Waals surface area (Å²) in [7, 11) is 0. The molecular formula is C56H35NO2. The first-order chi connectivity index (χ1) is 29.2. The van der Waals surface area contributed by atoms with Gasteiger partial charge in [0, 0.05) is 27.5 Å². The average molecular weight is 754 g/mol. The predicted octanol–water partition coefficient (Wildman–Crippen LogP) is 16.3. The van der Waals surface area contributed by atoms with Gasteiger partial charge >= 0.3 is 0 Å². The van der Waals surface area contributed by atoms with Crippen molar-refractivity contribution in [2.45, 2.75) is 0 Å². The molecule has 2 heterocycles. The van der Waals surface area contributed by atoms with Crippen LogP contribution in [0.2, 0.25) is 0 Å². The van der Waals surface area contributed by atoms with E-state index in [1.54, 1.807) is 0 Å². The van der Waals surface area contributed by atoms with Crippen molar-refractivity contribution in [1.82, 2.24) is 0 Å². The third kappa shape index (κ3) is 5.44. The molecule has 12 rings (SSSR count). The highest BCUT2D eigenvalue weighted by Crippen LogP contribution is 2.46. The van der Waals surface area contributed by atoms with E-state index in [-0.39, 0.29) is 0 Å². The summed E-state index contributed by atoms with van der Waals surface area (Å²) < 4.78 is 12.7. The number of hydrogen-bond acceptors (Lipinski definition) is 3. The highest BCUT2D eigenvalue weighted by atomic mass is 16.3. The molecule has 2 aromatic heterocycles. The van der Waals surface area contributed by atoms with Gasteiger partial charge in [0.1, 0.15) is 22.3 Å². The summed E-state index contributed by atoms with van der Waals surface area (Å²) in [4.78, 5) is 2.39. The molecule has 0 saturated heterocycles. The van der Waals surface area contributed by atoms with E-state index in [2.05, 4.69) is 199 Å². The van der Waals surface area contributed by atoms with Crippen LogP contribution in [-0.2, 0) is 0 Å². The number of fused-ring (bicyclic) bond motifs is 9. The van der Waals surface area contributed by atoms with Gasteiger partial charge in [0.15, 0.2) is 0 Å². The monoisotopic (exact) mass is 753 g/mol. The standard InChI is InChI=1S/C56H35NO2/c1-2-14-36(15-3-1)42-18-4-6-20-45(42)46-21-7-5-19-43(46)37-16-12-17-40(32-37)57(51-24-13-27-54-56(51)48-23-9-11-26-53(48)58-54)41-30-31-44-38(33-41)28-29-39-34-55-50(35-49(39)44)47-22-8-10-25-52(47)59-55/h1-35H. The lowest BCUT2D eigenvalue weighted by Crippen LogP contribution is -2.10. The maximum atomic E-state index is 6.46. The number of nitrogens with zero attached hydrogens (tertiary/aromatic N) is 1. The lowest BCUT2D eigenvalue weighted by Gasteiger charge is -2.27. The molecule has 3 nitrogen and oxygen atoms in total. The maximum absolute atomic E-state index is 6.46. The van der Waals surface area contributed by atoms with E-state index in [0.29, 0.717) is 0 Å². The fraction of sp³-hybridized carbons (Fsp3) is 0. The van der Waals surface area contributed by atoms with Gasteiger partial charge in [-0.3, -0.25) is 0 Å². The van der Waals surface area contributed by atoms with E-state index in [0.717, 1.165) is 77.3 Å². The first kappa shape index (κ1) is 33.3. The van der Waals surface area contributed by atoms with Gasteiger partial charge in [-0.25, -0.2) is 0 Å². The van der Waals surface area contributed by atoms with Crippen LogP contribution in [0.5, 0.6) is 0 Å². The summed E-state index contributed by atoms with van der Waals surface area (Å²) in [5, 5.41) is 9.16. The molecule has 0 aliphatic heterocycles. The van der Waals surface area contributed by atoms with Gasteiger partial charge in [-0.05, 0) is 116 Å². The number of hydrogen-bond donors (Lipinski definition) is 0. The Morgan fingerprint density at radius 1 is 0.288 bits per heavy atom. The van der Waals surface area contributed by atoms with Gasteiger partial charge in [-0.2, -0.15) is 0 Å². The second-order valence-electron chi connectivity index (χ2n) is 15.2. The molecule has 12 aromatic rings. The van der Waals surface area contributed by atoms with Crippen LogP contribution in [-0.4, -0.2) is 0 Å². The third-order valence-electron chi connectivity index (χ3n) is 11.8. The number of benzene rings is 10. The molecule has 0 bridgehead atoms. The lowest BCUT2D eigenvalue weighted by molar-refractivity contribution is 0.669. The van der Waals surface area contributed by atoms with Crippen LogP contribution in [0.15, 0.2) is 221 Å². The fourth-order valence-corrected chi connectivity index (χ4v) is 9.15. The molecule has 0 N–H and O–H groups in total. The Bertz CT molecular complexity index is 3580. The van der Waals surface area contributed by atoms with E-state index in [1.807, 2.05) is 18.2 Å². The summed E-state index contributed by atoms with van der Waals surface area (Å²) in [6, 6.07) is 75.9. The molecule has 0 spiro atoms. The molecule has 59 heavy (non-hydrogen) atoms. The molecule has 0 saturated carbocycles. The third-order valence-corrected chi connectivity index (χ3v) is 11.8. The van der Waals surface area contributed by atoms with E-state index in [1.165, 1.54) is 38.6 Å². The van der Waals surface area contributed by atoms with Gasteiger partial charge < -0.3 is 13.7 Å². The second-order valence-corrected chi connectivity index (χ2v) is 15.2. The van der Waals surface area contributed by atoms with Crippen LogP contribution < -0.4 is 4.90 Å². The van der Waals surface area contributed by atoms with Crippen molar-refractivity contribution in [3.8, 4) is 33.4 Å². The summed E-state index contributed by atoms with van der Waals surface area (Å²) in [5.74, 6) is 0. The molecule has 0 aliphatic carbocycles. The highest BCUT2D eigenvalue weighted by molar-refractivity contribution is 6.18. The van der Waals surface area contributed by atoms with E-state index in [4.69, 9.17) is 8.83 Å². The van der Waals surface area contributed by atoms with Gasteiger partial charge in [0.2, 0.25) is 0 Å². The molecule has 276 valence electrons. The van der Waals surface area contributed by atoms with Crippen molar-refractivity contribution in [3.05, 3.63) is 212 Å². The Kier molecular flexibility index (Phi) is 7.54. The summed E-state index contributed by atoms with van der Waals surface area (Å²) >= 11 is 0. The Hall–Kier alpha value is -7.88. The van der Waals surface area contributed by atoms with Crippen LogP contribution in [0, 0.1) is 0 Å². The highest BCUT2D eigenvalue weighted by Gasteiger charge is 2.21. The minimum Gasteiger partial charge on any atom is -0.456 e. The largest absolute Gasteiger partial charge is 0.456 e. The molecule has 0 atom stereocenters. The van der Waals surface area contributed by atoms with Crippen LogP contribution in [0.3, 0.4) is 0 Å². The van der Waals surface area contributed by atoms with Crippen molar-refractivity contribution in [2.24, 2.45) is 0 Å². The Morgan fingerprint density at radius 2 is 0.864 bits per heavy atom. The van der Waals surface area contributed by atoms with Gasteiger partial charge in [-0.15, -0.1) is 0 Å². The van der Waals surface area contributed by atoms with Crippen molar-refractivity contribution < 1.29 is 8.83 Å². The van der Waals surface area contributed by atoms with Crippen LogP contribution >= 0.6 is 0 Å². The molecule has 0 amide bonds. The zero-order chi connectivity index (χ0) is 38.9. The van der Waals surface area contributed by atoms with Crippen molar-refractivity contribution >= 4 is 82.5 Å². The number of furan rings is 2. The van der Waals surface area contributed by atoms with Gasteiger partial charge in [0.25, 0.3) is 0 Å². The smallest absolute Gasteiger partial charge is 0.137 e. The number of rotatable bonds is 6. The average Bonchev–Trinajstić information content (AvgIpc) is 3.87. The molecular weight excluding hydrogens is 719 g/mol. The summed E-state index contributed by atoms with van der Waals surface area (Å²) in [6.07, 6.45) is 0. The Labute approximate surface area is 340 Å². The van der Waals surface area contributed by atoms with Crippen molar-refractivity contribution in [1.29, 1.82) is 0 Å². The number of anilines is 3. The molecule has 3 heteroatoms. The molecule has 10 aromatic carbocycles. The SMILES string of the molecule is c1ccc(-c2ccccc2-c2ccccc2-c2cccc(N(c3ccc4c(ccc5cc6oc7ccccc7c6cc54)c3)c3cccc4oc5ccccc5c34)c2)cc1. The lowest BCUT2D eigenvalue weighted by atomic mass is 9.89. The van der Waals surface area contributed by atoms with Gasteiger partial charge in [-0.1, -0.05) is 152 Å². The topological polar surface area (TPSA) is 29.5 Å². The van der Waals surface area contributed by atoms with E-state index >= 15 is 0 Å². The second kappa shape index (κ2) is 13.4. The molecule has 0 fully saturated rings. The van der Waals surface area contributed by atoms with E-state index < -0.39 is 0 Å². The van der Waals surface area contributed by atoms with Crippen LogP contribution in [0.1, 0.15) is 0 Å². The summed E-state index contributed by atoms with van der Waals surface area (Å²) in [6.45, 7) is 0. The van der Waals surface area contributed by atoms with Crippen LogP contribution in [0.25, 0.3) is 98.8 Å². The maximum Gasteiger partial charge on any atom is 0.137 e. The summed E-state index contributed by atoms with van der Waals surface area (Å²) in [5.41, 5.74) is 13.8. The zero-order valence-electron chi connectivity index (χ0n) is 32.0. The first-order valence-corrected chi connectivity index (χ1v) is 20.1. The molecule has 0 aliphatic rings. The number of para-hydroxylation sites is 2. The first-order valence-electron chi connectivity index (χ1n) is 20.1. The predicted molar refractivity (Wildman–Crippen MR) is 247 cm³/mol. The van der Waals surface area contributed by atoms with Crippen molar-refractivity contribution in [2.75, 3.05) is 4.90 Å². The minimum absolute atomic E-state index is 0.857.